The molecule has 0 bridgehead atoms. The SMILES string of the molecule is COc1cccc(C(=O)C(C)(C)N2CCOCC2)c1F. The standard InChI is InChI=1S/C15H20FNO3/c1-15(2,17-7-9-20-10-8-17)14(18)11-5-4-6-12(19-3)13(11)16/h4-6H,7-10H2,1-3H3. The first-order valence-electron chi connectivity index (χ1n) is 6.68. The molecule has 1 aromatic rings. The Kier molecular flexibility index (Phi) is 4.40. The molecule has 0 aliphatic carbocycles. The fraction of sp³-hybridized carbons (Fsp3) is 0.533. The Morgan fingerprint density at radius 1 is 1.35 bits per heavy atom. The van der Waals surface area contributed by atoms with E-state index in [9.17, 15) is 9.18 Å². The van der Waals surface area contributed by atoms with E-state index >= 15 is 0 Å². The molecule has 5 heteroatoms. The minimum atomic E-state index is -0.767. The topological polar surface area (TPSA) is 38.8 Å². The molecule has 1 heterocycles. The highest BCUT2D eigenvalue weighted by Crippen LogP contribution is 2.27. The normalized spacial score (nSPS) is 17.0. The summed E-state index contributed by atoms with van der Waals surface area (Å²) in [4.78, 5) is 14.7. The maximum Gasteiger partial charge on any atom is 0.185 e. The molecule has 1 aliphatic rings. The van der Waals surface area contributed by atoms with Crippen LogP contribution in [0.5, 0.6) is 5.75 Å². The molecule has 4 nitrogen and oxygen atoms in total. The van der Waals surface area contributed by atoms with Crippen LogP contribution in [-0.4, -0.2) is 49.6 Å². The van der Waals surface area contributed by atoms with E-state index in [-0.39, 0.29) is 17.1 Å². The van der Waals surface area contributed by atoms with E-state index in [1.54, 1.807) is 6.07 Å². The second-order valence-electron chi connectivity index (χ2n) is 5.31. The van der Waals surface area contributed by atoms with Gasteiger partial charge < -0.3 is 9.47 Å². The summed E-state index contributed by atoms with van der Waals surface area (Å²) in [6.45, 7) is 6.17. The van der Waals surface area contributed by atoms with Crippen LogP contribution in [0.2, 0.25) is 0 Å². The zero-order valence-corrected chi connectivity index (χ0v) is 12.1. The van der Waals surface area contributed by atoms with Crippen LogP contribution >= 0.6 is 0 Å². The van der Waals surface area contributed by atoms with E-state index < -0.39 is 11.4 Å². The molecule has 20 heavy (non-hydrogen) atoms. The summed E-state index contributed by atoms with van der Waals surface area (Å²) in [5, 5.41) is 0. The van der Waals surface area contributed by atoms with Gasteiger partial charge in [-0.25, -0.2) is 4.39 Å². The summed E-state index contributed by atoms with van der Waals surface area (Å²) in [6, 6.07) is 4.64. The molecule has 0 radical (unpaired) electrons. The number of benzene rings is 1. The van der Waals surface area contributed by atoms with Crippen LogP contribution in [0.4, 0.5) is 4.39 Å². The second kappa shape index (κ2) is 5.89. The number of nitrogens with zero attached hydrogens (tertiary/aromatic N) is 1. The molecule has 2 rings (SSSR count). The Balaban J connectivity index is 2.30. The van der Waals surface area contributed by atoms with Crippen LogP contribution in [0.15, 0.2) is 18.2 Å². The van der Waals surface area contributed by atoms with Gasteiger partial charge in [0, 0.05) is 13.1 Å². The summed E-state index contributed by atoms with van der Waals surface area (Å²) in [6.07, 6.45) is 0. The van der Waals surface area contributed by atoms with Crippen molar-refractivity contribution in [1.82, 2.24) is 4.90 Å². The maximum atomic E-state index is 14.2. The minimum Gasteiger partial charge on any atom is -0.494 e. The van der Waals surface area contributed by atoms with Crippen LogP contribution in [0, 0.1) is 5.82 Å². The fourth-order valence-corrected chi connectivity index (χ4v) is 2.44. The van der Waals surface area contributed by atoms with Crippen molar-refractivity contribution in [2.45, 2.75) is 19.4 Å². The third-order valence-corrected chi connectivity index (χ3v) is 3.79. The van der Waals surface area contributed by atoms with E-state index in [2.05, 4.69) is 0 Å². The number of carbonyl (C=O) groups is 1. The van der Waals surface area contributed by atoms with Gasteiger partial charge in [0.15, 0.2) is 17.3 Å². The highest BCUT2D eigenvalue weighted by molar-refractivity contribution is 6.03. The Hall–Kier alpha value is -1.46. The van der Waals surface area contributed by atoms with Crippen molar-refractivity contribution in [3.8, 4) is 5.75 Å². The van der Waals surface area contributed by atoms with E-state index in [0.29, 0.717) is 26.3 Å². The summed E-state index contributed by atoms with van der Waals surface area (Å²) in [5.41, 5.74) is -0.697. The average molecular weight is 281 g/mol. The van der Waals surface area contributed by atoms with E-state index in [1.807, 2.05) is 18.7 Å². The van der Waals surface area contributed by atoms with Crippen molar-refractivity contribution in [2.75, 3.05) is 33.4 Å². The molecule has 0 spiro atoms. The number of ketones is 1. The highest BCUT2D eigenvalue weighted by Gasteiger charge is 2.37. The lowest BCUT2D eigenvalue weighted by Gasteiger charge is -2.39. The Labute approximate surface area is 118 Å². The van der Waals surface area contributed by atoms with Crippen molar-refractivity contribution >= 4 is 5.78 Å². The van der Waals surface area contributed by atoms with Crippen LogP contribution in [0.3, 0.4) is 0 Å². The summed E-state index contributed by atoms with van der Waals surface area (Å²) in [7, 11) is 1.39. The molecule has 1 aromatic carbocycles. The fourth-order valence-electron chi connectivity index (χ4n) is 2.44. The Morgan fingerprint density at radius 2 is 2.00 bits per heavy atom. The van der Waals surface area contributed by atoms with E-state index in [4.69, 9.17) is 9.47 Å². The predicted molar refractivity (Wildman–Crippen MR) is 73.8 cm³/mol. The molecule has 0 amide bonds. The third-order valence-electron chi connectivity index (χ3n) is 3.79. The molecule has 0 N–H and O–H groups in total. The molecular weight excluding hydrogens is 261 g/mol. The second-order valence-corrected chi connectivity index (χ2v) is 5.31. The first-order valence-corrected chi connectivity index (χ1v) is 6.68. The quantitative estimate of drug-likeness (QED) is 0.793. The lowest BCUT2D eigenvalue weighted by atomic mass is 9.90. The number of ether oxygens (including phenoxy) is 2. The summed E-state index contributed by atoms with van der Waals surface area (Å²) in [5.74, 6) is -0.745. The van der Waals surface area contributed by atoms with Crippen molar-refractivity contribution in [3.63, 3.8) is 0 Å². The Bertz CT molecular complexity index is 496. The van der Waals surface area contributed by atoms with Gasteiger partial charge in [0.2, 0.25) is 0 Å². The lowest BCUT2D eigenvalue weighted by molar-refractivity contribution is -0.00444. The molecule has 1 aliphatic heterocycles. The number of hydrogen-bond acceptors (Lipinski definition) is 4. The molecular formula is C15H20FNO3. The first-order chi connectivity index (χ1) is 9.48. The molecule has 1 saturated heterocycles. The van der Waals surface area contributed by atoms with Crippen molar-refractivity contribution in [3.05, 3.63) is 29.6 Å². The molecule has 0 aromatic heterocycles. The smallest absolute Gasteiger partial charge is 0.185 e. The van der Waals surface area contributed by atoms with E-state index in [1.165, 1.54) is 19.2 Å². The van der Waals surface area contributed by atoms with Gasteiger partial charge in [-0.05, 0) is 26.0 Å². The molecule has 0 saturated carbocycles. The summed E-state index contributed by atoms with van der Waals surface area (Å²) < 4.78 is 24.5. The van der Waals surface area contributed by atoms with Gasteiger partial charge >= 0.3 is 0 Å². The van der Waals surface area contributed by atoms with Gasteiger partial charge in [0.25, 0.3) is 0 Å². The van der Waals surface area contributed by atoms with Crippen molar-refractivity contribution in [2.24, 2.45) is 0 Å². The van der Waals surface area contributed by atoms with Gasteiger partial charge in [-0.3, -0.25) is 9.69 Å². The largest absolute Gasteiger partial charge is 0.494 e. The number of rotatable bonds is 4. The maximum absolute atomic E-state index is 14.2. The number of methoxy groups -OCH3 is 1. The van der Waals surface area contributed by atoms with Gasteiger partial charge in [-0.2, -0.15) is 0 Å². The number of hydrogen-bond donors (Lipinski definition) is 0. The van der Waals surface area contributed by atoms with Crippen LogP contribution in [0.1, 0.15) is 24.2 Å². The van der Waals surface area contributed by atoms with Crippen LogP contribution in [-0.2, 0) is 4.74 Å². The predicted octanol–water partition coefficient (Wildman–Crippen LogP) is 2.13. The number of carbonyl (C=O) groups excluding carboxylic acids is 1. The lowest BCUT2D eigenvalue weighted by Crippen LogP contribution is -2.54. The zero-order valence-electron chi connectivity index (χ0n) is 12.1. The average Bonchev–Trinajstić information content (AvgIpc) is 2.47. The van der Waals surface area contributed by atoms with Gasteiger partial charge in [-0.15, -0.1) is 0 Å². The van der Waals surface area contributed by atoms with Crippen LogP contribution < -0.4 is 4.74 Å². The molecule has 1 fully saturated rings. The highest BCUT2D eigenvalue weighted by atomic mass is 19.1. The van der Waals surface area contributed by atoms with Gasteiger partial charge in [-0.1, -0.05) is 6.07 Å². The van der Waals surface area contributed by atoms with Crippen LogP contribution in [0.25, 0.3) is 0 Å². The number of Topliss-reactive ketones (excluding diaryl/α,β-unsaturated/α-hetero) is 1. The van der Waals surface area contributed by atoms with Gasteiger partial charge in [0.05, 0.1) is 31.4 Å². The van der Waals surface area contributed by atoms with Crippen molar-refractivity contribution < 1.29 is 18.7 Å². The first kappa shape index (κ1) is 14.9. The van der Waals surface area contributed by atoms with Crippen molar-refractivity contribution in [1.29, 1.82) is 0 Å². The van der Waals surface area contributed by atoms with Gasteiger partial charge in [0.1, 0.15) is 0 Å². The third kappa shape index (κ3) is 2.69. The monoisotopic (exact) mass is 281 g/mol. The zero-order chi connectivity index (χ0) is 14.8. The Morgan fingerprint density at radius 3 is 2.60 bits per heavy atom. The number of morpholine rings is 1. The summed E-state index contributed by atoms with van der Waals surface area (Å²) >= 11 is 0. The molecule has 110 valence electrons. The molecule has 0 atom stereocenters. The molecule has 0 unspecified atom stereocenters. The van der Waals surface area contributed by atoms with E-state index in [0.717, 1.165) is 0 Å². The number of halogens is 1. The minimum absolute atomic E-state index is 0.0702.